The molecule has 12 heavy (non-hydrogen) atoms. The van der Waals surface area contributed by atoms with Gasteiger partial charge in [-0.3, -0.25) is 0 Å². The fourth-order valence-electron chi connectivity index (χ4n) is 1.06. The van der Waals surface area contributed by atoms with E-state index in [0.717, 1.165) is 12.0 Å². The second-order valence-corrected chi connectivity index (χ2v) is 2.52. The van der Waals surface area contributed by atoms with Gasteiger partial charge in [-0.05, 0) is 24.1 Å². The molecule has 3 N–H and O–H groups in total. The van der Waals surface area contributed by atoms with Crippen molar-refractivity contribution in [3.05, 3.63) is 35.3 Å². The molecule has 0 heterocycles. The number of hydrogen-bond acceptors (Lipinski definition) is 3. The Morgan fingerprint density at radius 2 is 2.33 bits per heavy atom. The van der Waals surface area contributed by atoms with Crippen molar-refractivity contribution in [3.8, 4) is 0 Å². The molecular weight excluding hydrogens is 154 g/mol. The summed E-state index contributed by atoms with van der Waals surface area (Å²) in [4.78, 5) is 0. The lowest BCUT2D eigenvalue weighted by Crippen LogP contribution is -2.01. The van der Waals surface area contributed by atoms with Crippen molar-refractivity contribution < 1.29 is 9.84 Å². The summed E-state index contributed by atoms with van der Waals surface area (Å²) in [6.45, 7) is 0.439. The normalized spacial score (nSPS) is 17.3. The van der Waals surface area contributed by atoms with Gasteiger partial charge in [0.15, 0.2) is 11.5 Å². The van der Waals surface area contributed by atoms with Crippen molar-refractivity contribution in [2.24, 2.45) is 5.73 Å². The van der Waals surface area contributed by atoms with Crippen LogP contribution in [0.15, 0.2) is 35.3 Å². The van der Waals surface area contributed by atoms with E-state index in [1.54, 1.807) is 6.08 Å². The third kappa shape index (κ3) is 1.89. The summed E-state index contributed by atoms with van der Waals surface area (Å²) in [7, 11) is 1.53. The van der Waals surface area contributed by atoms with Crippen LogP contribution in [-0.2, 0) is 4.74 Å². The number of aliphatic hydroxyl groups excluding tert-OH is 1. The van der Waals surface area contributed by atoms with Crippen LogP contribution in [0, 0.1) is 0 Å². The summed E-state index contributed by atoms with van der Waals surface area (Å²) in [5.41, 5.74) is 6.36. The van der Waals surface area contributed by atoms with Crippen LogP contribution in [0.5, 0.6) is 0 Å². The van der Waals surface area contributed by atoms with Crippen LogP contribution in [0.25, 0.3) is 0 Å². The zero-order valence-corrected chi connectivity index (χ0v) is 7.08. The van der Waals surface area contributed by atoms with Gasteiger partial charge < -0.3 is 15.6 Å². The number of methoxy groups -OCH3 is 1. The van der Waals surface area contributed by atoms with Crippen LogP contribution in [0.2, 0.25) is 0 Å². The minimum atomic E-state index is 0.145. The second kappa shape index (κ2) is 3.97. The Morgan fingerprint density at radius 3 is 2.92 bits per heavy atom. The minimum Gasteiger partial charge on any atom is -0.504 e. The van der Waals surface area contributed by atoms with Gasteiger partial charge in [0.05, 0.1) is 7.11 Å². The average Bonchev–Trinajstić information content (AvgIpc) is 2.26. The Kier molecular flexibility index (Phi) is 2.94. The molecule has 0 bridgehead atoms. The lowest BCUT2D eigenvalue weighted by Gasteiger charge is -2.02. The molecule has 0 aromatic rings. The van der Waals surface area contributed by atoms with E-state index in [1.165, 1.54) is 7.11 Å². The van der Waals surface area contributed by atoms with E-state index in [9.17, 15) is 5.11 Å². The van der Waals surface area contributed by atoms with Crippen molar-refractivity contribution in [2.45, 2.75) is 6.42 Å². The van der Waals surface area contributed by atoms with Gasteiger partial charge in [-0.2, -0.15) is 0 Å². The van der Waals surface area contributed by atoms with E-state index < -0.39 is 0 Å². The van der Waals surface area contributed by atoms with E-state index in [1.807, 2.05) is 12.2 Å². The van der Waals surface area contributed by atoms with E-state index in [-0.39, 0.29) is 5.76 Å². The molecule has 0 aromatic heterocycles. The first-order valence-corrected chi connectivity index (χ1v) is 3.82. The third-order valence-electron chi connectivity index (χ3n) is 1.71. The average molecular weight is 167 g/mol. The molecule has 0 amide bonds. The van der Waals surface area contributed by atoms with Gasteiger partial charge in [0.1, 0.15) is 0 Å². The fraction of sp³-hybridized carbons (Fsp3) is 0.333. The lowest BCUT2D eigenvalue weighted by molar-refractivity contribution is 0.255. The number of nitrogens with two attached hydrogens (primary N) is 1. The first-order chi connectivity index (χ1) is 5.77. The highest BCUT2D eigenvalue weighted by Crippen LogP contribution is 2.15. The van der Waals surface area contributed by atoms with E-state index in [2.05, 4.69) is 0 Å². The summed E-state index contributed by atoms with van der Waals surface area (Å²) in [6.07, 6.45) is 6.15. The molecule has 0 atom stereocenters. The van der Waals surface area contributed by atoms with Gasteiger partial charge in [-0.25, -0.2) is 0 Å². The standard InChI is InChI=1S/C9H13NO2/c1-12-9-4-2-3-7(6-10)5-8(9)11/h3-5,11H,2,6,10H2,1H3. The van der Waals surface area contributed by atoms with Crippen molar-refractivity contribution in [1.82, 2.24) is 0 Å². The van der Waals surface area contributed by atoms with Crippen LogP contribution in [0.4, 0.5) is 0 Å². The molecule has 0 radical (unpaired) electrons. The summed E-state index contributed by atoms with van der Waals surface area (Å²) in [6, 6.07) is 0. The number of allylic oxidation sites excluding steroid dienone is 2. The highest BCUT2D eigenvalue weighted by Gasteiger charge is 2.05. The molecule has 0 aromatic carbocycles. The molecule has 1 rings (SSSR count). The molecule has 0 saturated carbocycles. The summed E-state index contributed by atoms with van der Waals surface area (Å²) >= 11 is 0. The number of rotatable bonds is 2. The summed E-state index contributed by atoms with van der Waals surface area (Å²) in [5.74, 6) is 0.654. The Bertz CT molecular complexity index is 251. The van der Waals surface area contributed by atoms with E-state index >= 15 is 0 Å². The van der Waals surface area contributed by atoms with Gasteiger partial charge in [0, 0.05) is 6.54 Å². The van der Waals surface area contributed by atoms with Crippen molar-refractivity contribution in [2.75, 3.05) is 13.7 Å². The molecule has 66 valence electrons. The SMILES string of the molecule is COC1=CCC=C(CN)C=C1O. The van der Waals surface area contributed by atoms with Crippen LogP contribution in [0.3, 0.4) is 0 Å². The zero-order valence-electron chi connectivity index (χ0n) is 7.08. The van der Waals surface area contributed by atoms with Crippen molar-refractivity contribution in [1.29, 1.82) is 0 Å². The quantitative estimate of drug-likeness (QED) is 0.650. The summed E-state index contributed by atoms with van der Waals surface area (Å²) < 4.78 is 4.94. The third-order valence-corrected chi connectivity index (χ3v) is 1.71. The van der Waals surface area contributed by atoms with Crippen molar-refractivity contribution >= 4 is 0 Å². The second-order valence-electron chi connectivity index (χ2n) is 2.52. The lowest BCUT2D eigenvalue weighted by atomic mass is 10.2. The first kappa shape index (κ1) is 8.87. The monoisotopic (exact) mass is 167 g/mol. The van der Waals surface area contributed by atoms with E-state index in [4.69, 9.17) is 10.5 Å². The molecule has 1 aliphatic carbocycles. The van der Waals surface area contributed by atoms with Crippen LogP contribution in [0.1, 0.15) is 6.42 Å². The molecule has 3 heteroatoms. The van der Waals surface area contributed by atoms with Gasteiger partial charge in [0.25, 0.3) is 0 Å². The topological polar surface area (TPSA) is 55.5 Å². The fourth-order valence-corrected chi connectivity index (χ4v) is 1.06. The van der Waals surface area contributed by atoms with Crippen LogP contribution >= 0.6 is 0 Å². The van der Waals surface area contributed by atoms with Gasteiger partial charge in [-0.15, -0.1) is 0 Å². The number of aliphatic hydroxyl groups is 1. The summed E-state index contributed by atoms with van der Waals surface area (Å²) in [5, 5.41) is 9.42. The molecule has 0 unspecified atom stereocenters. The highest BCUT2D eigenvalue weighted by atomic mass is 16.5. The number of ether oxygens (including phenoxy) is 1. The minimum absolute atomic E-state index is 0.145. The smallest absolute Gasteiger partial charge is 0.157 e. The Morgan fingerprint density at radius 1 is 1.58 bits per heavy atom. The Balaban J connectivity index is 2.85. The first-order valence-electron chi connectivity index (χ1n) is 3.82. The maximum atomic E-state index is 9.42. The molecule has 0 spiro atoms. The molecular formula is C9H13NO2. The Hall–Kier alpha value is -1.22. The van der Waals surface area contributed by atoms with Gasteiger partial charge in [-0.1, -0.05) is 6.08 Å². The molecule has 0 aliphatic heterocycles. The zero-order chi connectivity index (χ0) is 8.97. The van der Waals surface area contributed by atoms with Crippen LogP contribution < -0.4 is 5.73 Å². The Labute approximate surface area is 71.8 Å². The highest BCUT2D eigenvalue weighted by molar-refractivity contribution is 5.33. The molecule has 1 aliphatic rings. The predicted molar refractivity (Wildman–Crippen MR) is 47.6 cm³/mol. The predicted octanol–water partition coefficient (Wildman–Crippen LogP) is 1.25. The van der Waals surface area contributed by atoms with Gasteiger partial charge >= 0.3 is 0 Å². The number of hydrogen-bond donors (Lipinski definition) is 2. The van der Waals surface area contributed by atoms with E-state index in [0.29, 0.717) is 12.3 Å². The van der Waals surface area contributed by atoms with Crippen molar-refractivity contribution in [3.63, 3.8) is 0 Å². The molecule has 3 nitrogen and oxygen atoms in total. The van der Waals surface area contributed by atoms with Crippen LogP contribution in [-0.4, -0.2) is 18.8 Å². The van der Waals surface area contributed by atoms with Gasteiger partial charge in [0.2, 0.25) is 0 Å². The largest absolute Gasteiger partial charge is 0.504 e. The maximum absolute atomic E-state index is 9.42. The maximum Gasteiger partial charge on any atom is 0.157 e. The molecule has 0 saturated heterocycles. The molecule has 0 fully saturated rings.